The first kappa shape index (κ1) is 24.3. The second kappa shape index (κ2) is 10.9. The molecule has 1 atom stereocenters. The fourth-order valence-corrected chi connectivity index (χ4v) is 3.64. The molecule has 2 aliphatic rings. The molecule has 7 heteroatoms. The SMILES string of the molecule is CC/C(C)=C(\O/C(=N\C)N1CCC(NC(=O)OC(C)(C)C)CC1)C1C=CC(Cl)=CC1. The summed E-state index contributed by atoms with van der Waals surface area (Å²) in [6.45, 7) is 11.4. The Labute approximate surface area is 186 Å². The first-order valence-corrected chi connectivity index (χ1v) is 11.1. The molecule has 0 saturated carbocycles. The van der Waals surface area contributed by atoms with Crippen LogP contribution >= 0.6 is 11.6 Å². The third-order valence-electron chi connectivity index (χ3n) is 5.22. The summed E-state index contributed by atoms with van der Waals surface area (Å²) in [5.74, 6) is 1.11. The second-order valence-corrected chi connectivity index (χ2v) is 9.24. The maximum absolute atomic E-state index is 12.0. The van der Waals surface area contributed by atoms with Crippen LogP contribution in [0.1, 0.15) is 60.3 Å². The minimum absolute atomic E-state index is 0.0927. The number of carbonyl (C=O) groups excluding carboxylic acids is 1. The van der Waals surface area contributed by atoms with Gasteiger partial charge in [-0.15, -0.1) is 0 Å². The highest BCUT2D eigenvalue weighted by Crippen LogP contribution is 2.29. The zero-order chi connectivity index (χ0) is 22.3. The number of nitrogens with zero attached hydrogens (tertiary/aromatic N) is 2. The average Bonchev–Trinajstić information content (AvgIpc) is 2.68. The molecular formula is C23H36ClN3O3. The first-order chi connectivity index (χ1) is 14.1. The molecule has 1 saturated heterocycles. The van der Waals surface area contributed by atoms with E-state index in [2.05, 4.69) is 35.1 Å². The molecule has 1 N–H and O–H groups in total. The van der Waals surface area contributed by atoms with Crippen molar-refractivity contribution in [2.45, 2.75) is 71.9 Å². The number of amides is 1. The van der Waals surface area contributed by atoms with Gasteiger partial charge in [0.15, 0.2) is 0 Å². The summed E-state index contributed by atoms with van der Waals surface area (Å²) in [5, 5.41) is 3.74. The van der Waals surface area contributed by atoms with E-state index in [0.717, 1.165) is 49.6 Å². The van der Waals surface area contributed by atoms with Gasteiger partial charge >= 0.3 is 6.09 Å². The molecule has 1 fully saturated rings. The van der Waals surface area contributed by atoms with E-state index in [-0.39, 0.29) is 18.1 Å². The van der Waals surface area contributed by atoms with E-state index in [4.69, 9.17) is 21.1 Å². The molecule has 0 aromatic heterocycles. The van der Waals surface area contributed by atoms with Crippen LogP contribution in [0, 0.1) is 5.92 Å². The topological polar surface area (TPSA) is 63.2 Å². The number of carbonyl (C=O) groups is 1. The molecule has 6 nitrogen and oxygen atoms in total. The molecule has 168 valence electrons. The van der Waals surface area contributed by atoms with Crippen molar-refractivity contribution in [2.24, 2.45) is 10.9 Å². The number of hydrogen-bond donors (Lipinski definition) is 1. The van der Waals surface area contributed by atoms with Gasteiger partial charge in [-0.3, -0.25) is 0 Å². The normalized spacial score (nSPS) is 21.7. The minimum atomic E-state index is -0.493. The molecule has 1 heterocycles. The van der Waals surface area contributed by atoms with Crippen LogP contribution in [0.25, 0.3) is 0 Å². The van der Waals surface area contributed by atoms with Crippen LogP contribution in [0.15, 0.2) is 39.6 Å². The highest BCUT2D eigenvalue weighted by atomic mass is 35.5. The van der Waals surface area contributed by atoms with E-state index >= 15 is 0 Å². The van der Waals surface area contributed by atoms with Gasteiger partial charge in [-0.05, 0) is 65.0 Å². The molecule has 1 aliphatic heterocycles. The molecule has 1 aliphatic carbocycles. The van der Waals surface area contributed by atoms with Crippen molar-refractivity contribution in [1.29, 1.82) is 0 Å². The smallest absolute Gasteiger partial charge is 0.407 e. The zero-order valence-corrected chi connectivity index (χ0v) is 19.9. The fourth-order valence-electron chi connectivity index (χ4n) is 3.48. The van der Waals surface area contributed by atoms with Gasteiger partial charge < -0.3 is 19.7 Å². The Hall–Kier alpha value is -1.95. The van der Waals surface area contributed by atoms with Crippen LogP contribution in [-0.4, -0.2) is 48.8 Å². The molecule has 0 aromatic rings. The van der Waals surface area contributed by atoms with Crippen molar-refractivity contribution < 1.29 is 14.3 Å². The number of hydrogen-bond acceptors (Lipinski definition) is 4. The van der Waals surface area contributed by atoms with Gasteiger partial charge in [-0.25, -0.2) is 9.79 Å². The van der Waals surface area contributed by atoms with Crippen LogP contribution in [-0.2, 0) is 9.47 Å². The van der Waals surface area contributed by atoms with Crippen LogP contribution in [0.3, 0.4) is 0 Å². The summed E-state index contributed by atoms with van der Waals surface area (Å²) in [6.07, 6.45) is 9.05. The number of alkyl carbamates (subject to hydrolysis) is 1. The fraction of sp³-hybridized carbons (Fsp3) is 0.652. The summed E-state index contributed by atoms with van der Waals surface area (Å²) in [7, 11) is 1.76. The number of likely N-dealkylation sites (tertiary alicyclic amines) is 1. The monoisotopic (exact) mass is 437 g/mol. The molecule has 0 spiro atoms. The third kappa shape index (κ3) is 7.38. The van der Waals surface area contributed by atoms with E-state index in [1.807, 2.05) is 32.9 Å². The summed E-state index contributed by atoms with van der Waals surface area (Å²) in [4.78, 5) is 18.6. The van der Waals surface area contributed by atoms with Gasteiger partial charge in [0.1, 0.15) is 11.4 Å². The highest BCUT2D eigenvalue weighted by molar-refractivity contribution is 6.31. The number of aliphatic imine (C=N–C) groups is 1. The minimum Gasteiger partial charge on any atom is -0.444 e. The lowest BCUT2D eigenvalue weighted by Crippen LogP contribution is -2.48. The summed E-state index contributed by atoms with van der Waals surface area (Å²) in [6, 6.07) is 0.720. The van der Waals surface area contributed by atoms with Gasteiger partial charge in [0.2, 0.25) is 0 Å². The van der Waals surface area contributed by atoms with Crippen molar-refractivity contribution in [3.63, 3.8) is 0 Å². The predicted octanol–water partition coefficient (Wildman–Crippen LogP) is 5.36. The average molecular weight is 438 g/mol. The number of ether oxygens (including phenoxy) is 2. The van der Waals surface area contributed by atoms with Crippen molar-refractivity contribution >= 4 is 23.7 Å². The van der Waals surface area contributed by atoms with E-state index in [1.165, 1.54) is 5.57 Å². The van der Waals surface area contributed by atoms with Crippen molar-refractivity contribution in [3.8, 4) is 0 Å². The summed E-state index contributed by atoms with van der Waals surface area (Å²) >= 11 is 6.09. The van der Waals surface area contributed by atoms with Crippen molar-refractivity contribution in [2.75, 3.05) is 20.1 Å². The number of rotatable bonds is 4. The number of amidine groups is 1. The van der Waals surface area contributed by atoms with E-state index in [1.54, 1.807) is 7.05 Å². The van der Waals surface area contributed by atoms with Crippen LogP contribution in [0.5, 0.6) is 0 Å². The molecule has 30 heavy (non-hydrogen) atoms. The lowest BCUT2D eigenvalue weighted by Gasteiger charge is -2.35. The van der Waals surface area contributed by atoms with Gasteiger partial charge in [0, 0.05) is 37.1 Å². The van der Waals surface area contributed by atoms with E-state index in [0.29, 0.717) is 6.02 Å². The maximum Gasteiger partial charge on any atom is 0.407 e. The zero-order valence-electron chi connectivity index (χ0n) is 19.1. The number of nitrogens with one attached hydrogen (secondary N) is 1. The molecule has 0 radical (unpaired) electrons. The Morgan fingerprint density at radius 2 is 2.00 bits per heavy atom. The standard InChI is InChI=1S/C23H36ClN3O3/c1-7-16(2)20(17-8-10-18(24)11-9-17)29-21(25-6)27-14-12-19(13-15-27)26-22(28)30-23(3,4)5/h8,10-11,17,19H,7,9,12-15H2,1-6H3,(H,26,28)/b20-16-,25-21-. The van der Waals surface area contributed by atoms with Crippen molar-refractivity contribution in [3.05, 3.63) is 34.6 Å². The Morgan fingerprint density at radius 1 is 1.33 bits per heavy atom. The van der Waals surface area contributed by atoms with E-state index < -0.39 is 5.60 Å². The number of allylic oxidation sites excluding steroid dienone is 5. The van der Waals surface area contributed by atoms with Gasteiger partial charge in [-0.2, -0.15) is 0 Å². The Morgan fingerprint density at radius 3 is 2.50 bits per heavy atom. The highest BCUT2D eigenvalue weighted by Gasteiger charge is 2.27. The Kier molecular flexibility index (Phi) is 8.83. The van der Waals surface area contributed by atoms with Crippen LogP contribution < -0.4 is 5.32 Å². The third-order valence-corrected chi connectivity index (χ3v) is 5.50. The van der Waals surface area contributed by atoms with Gasteiger partial charge in [-0.1, -0.05) is 30.7 Å². The number of halogens is 1. The van der Waals surface area contributed by atoms with Crippen LogP contribution in [0.4, 0.5) is 4.79 Å². The van der Waals surface area contributed by atoms with Gasteiger partial charge in [0.05, 0.1) is 0 Å². The van der Waals surface area contributed by atoms with Crippen molar-refractivity contribution in [1.82, 2.24) is 10.2 Å². The maximum atomic E-state index is 12.0. The van der Waals surface area contributed by atoms with Crippen LogP contribution in [0.2, 0.25) is 0 Å². The van der Waals surface area contributed by atoms with E-state index in [9.17, 15) is 4.79 Å². The quantitative estimate of drug-likeness (QED) is 0.365. The lowest BCUT2D eigenvalue weighted by molar-refractivity contribution is 0.0486. The van der Waals surface area contributed by atoms with Gasteiger partial charge in [0.25, 0.3) is 6.02 Å². The Bertz CT molecular complexity index is 726. The largest absolute Gasteiger partial charge is 0.444 e. The second-order valence-electron chi connectivity index (χ2n) is 8.80. The Balaban J connectivity index is 1.96. The predicted molar refractivity (Wildman–Crippen MR) is 123 cm³/mol. The summed E-state index contributed by atoms with van der Waals surface area (Å²) in [5.41, 5.74) is 0.715. The molecular weight excluding hydrogens is 402 g/mol. The molecule has 2 rings (SSSR count). The number of piperidine rings is 1. The molecule has 0 bridgehead atoms. The molecule has 1 amide bonds. The molecule has 1 unspecified atom stereocenters. The lowest BCUT2D eigenvalue weighted by atomic mass is 9.95. The first-order valence-electron chi connectivity index (χ1n) is 10.8. The molecule has 0 aromatic carbocycles. The summed E-state index contributed by atoms with van der Waals surface area (Å²) < 4.78 is 11.7.